The molecule has 0 aliphatic heterocycles. The normalized spacial score (nSPS) is 11.3. The van der Waals surface area contributed by atoms with Crippen LogP contribution in [0.2, 0.25) is 5.28 Å². The van der Waals surface area contributed by atoms with Crippen LogP contribution >= 0.6 is 11.6 Å². The Kier molecular flexibility index (Phi) is 3.72. The van der Waals surface area contributed by atoms with Crippen LogP contribution in [0.4, 0.5) is 5.82 Å². The molecule has 4 aromatic heterocycles. The molecular weight excluding hydrogens is 364 g/mol. The number of imidazole rings is 1. The zero-order chi connectivity index (χ0) is 18.2. The molecule has 132 valence electrons. The molecule has 0 fully saturated rings. The summed E-state index contributed by atoms with van der Waals surface area (Å²) in [7, 11) is 0. The molecule has 0 atom stereocenters. The van der Waals surface area contributed by atoms with E-state index in [0.29, 0.717) is 23.5 Å². The zero-order valence-corrected chi connectivity index (χ0v) is 14.8. The molecule has 8 heteroatoms. The fourth-order valence-corrected chi connectivity index (χ4v) is 3.15. The van der Waals surface area contributed by atoms with Crippen molar-refractivity contribution in [2.75, 3.05) is 5.32 Å². The largest absolute Gasteiger partial charge is 0.459 e. The summed E-state index contributed by atoms with van der Waals surface area (Å²) in [5.41, 5.74) is 5.04. The van der Waals surface area contributed by atoms with Gasteiger partial charge in [-0.1, -0.05) is 24.3 Å². The number of hydrogen-bond donors (Lipinski definition) is 1. The molecule has 0 saturated heterocycles. The molecule has 27 heavy (non-hydrogen) atoms. The summed E-state index contributed by atoms with van der Waals surface area (Å²) in [4.78, 5) is 17.2. The number of aromatic nitrogens is 5. The minimum atomic E-state index is 0.181. The van der Waals surface area contributed by atoms with E-state index in [1.54, 1.807) is 24.7 Å². The van der Waals surface area contributed by atoms with Crippen molar-refractivity contribution in [3.8, 4) is 11.3 Å². The van der Waals surface area contributed by atoms with Gasteiger partial charge in [-0.15, -0.1) is 0 Å². The fourth-order valence-electron chi connectivity index (χ4n) is 2.98. The summed E-state index contributed by atoms with van der Waals surface area (Å²) in [6.07, 6.45) is 8.89. The number of rotatable bonds is 4. The number of nitrogens with one attached hydrogen (secondary N) is 1. The second-order valence-electron chi connectivity index (χ2n) is 5.96. The average molecular weight is 377 g/mol. The molecule has 0 unspecified atom stereocenters. The van der Waals surface area contributed by atoms with E-state index in [2.05, 4.69) is 25.3 Å². The van der Waals surface area contributed by atoms with Gasteiger partial charge in [0.05, 0.1) is 6.26 Å². The van der Waals surface area contributed by atoms with Crippen LogP contribution in [-0.4, -0.2) is 24.3 Å². The van der Waals surface area contributed by atoms with Crippen LogP contribution in [0.3, 0.4) is 0 Å². The van der Waals surface area contributed by atoms with Gasteiger partial charge in [-0.05, 0) is 17.2 Å². The molecule has 0 saturated carbocycles. The molecule has 0 spiro atoms. The average Bonchev–Trinajstić information content (AvgIpc) is 3.35. The number of furan rings is 1. The van der Waals surface area contributed by atoms with Gasteiger partial charge >= 0.3 is 0 Å². The van der Waals surface area contributed by atoms with Gasteiger partial charge in [0, 0.05) is 43.0 Å². The van der Waals surface area contributed by atoms with Crippen LogP contribution in [0.1, 0.15) is 5.56 Å². The highest BCUT2D eigenvalue weighted by atomic mass is 35.5. The third-order valence-corrected chi connectivity index (χ3v) is 4.44. The van der Waals surface area contributed by atoms with Crippen LogP contribution in [-0.2, 0) is 6.54 Å². The lowest BCUT2D eigenvalue weighted by atomic mass is 10.1. The Balaban J connectivity index is 1.39. The van der Waals surface area contributed by atoms with Crippen molar-refractivity contribution < 1.29 is 4.42 Å². The van der Waals surface area contributed by atoms with Gasteiger partial charge in [-0.25, -0.2) is 9.97 Å². The van der Waals surface area contributed by atoms with Gasteiger partial charge in [-0.3, -0.25) is 4.98 Å². The van der Waals surface area contributed by atoms with Crippen LogP contribution in [0.15, 0.2) is 65.8 Å². The Hall–Kier alpha value is -3.45. The van der Waals surface area contributed by atoms with Crippen molar-refractivity contribution in [2.45, 2.75) is 6.54 Å². The van der Waals surface area contributed by atoms with Crippen molar-refractivity contribution in [2.24, 2.45) is 0 Å². The monoisotopic (exact) mass is 376 g/mol. The molecule has 1 aromatic carbocycles. The van der Waals surface area contributed by atoms with Crippen molar-refractivity contribution in [3.05, 3.63) is 72.2 Å². The summed E-state index contributed by atoms with van der Waals surface area (Å²) in [5.74, 6) is 0.572. The smallest absolute Gasteiger partial charge is 0.225 e. The maximum absolute atomic E-state index is 5.97. The molecule has 1 N–H and O–H groups in total. The Morgan fingerprint density at radius 1 is 1.00 bits per heavy atom. The van der Waals surface area contributed by atoms with Crippen LogP contribution < -0.4 is 5.32 Å². The van der Waals surface area contributed by atoms with E-state index in [9.17, 15) is 0 Å². The first-order chi connectivity index (χ1) is 13.3. The van der Waals surface area contributed by atoms with E-state index in [1.807, 2.05) is 41.1 Å². The van der Waals surface area contributed by atoms with Gasteiger partial charge in [0.2, 0.25) is 5.28 Å². The third-order valence-electron chi connectivity index (χ3n) is 4.27. The number of nitrogens with zero attached hydrogens (tertiary/aromatic N) is 5. The maximum Gasteiger partial charge on any atom is 0.225 e. The SMILES string of the molecule is Clc1nc(NCc2ccc(-c3nccn4ccnc34)cc2)c2occc2n1. The highest BCUT2D eigenvalue weighted by Gasteiger charge is 2.10. The molecule has 5 rings (SSSR count). The number of hydrogen-bond acceptors (Lipinski definition) is 6. The Labute approximate surface area is 158 Å². The third kappa shape index (κ3) is 2.88. The predicted molar refractivity (Wildman–Crippen MR) is 103 cm³/mol. The molecule has 0 bridgehead atoms. The maximum atomic E-state index is 5.97. The second-order valence-corrected chi connectivity index (χ2v) is 6.30. The summed E-state index contributed by atoms with van der Waals surface area (Å²) in [6.45, 7) is 0.574. The quantitative estimate of drug-likeness (QED) is 0.473. The fraction of sp³-hybridized carbons (Fsp3) is 0.0526. The number of benzene rings is 1. The number of halogens is 1. The molecule has 5 aromatic rings. The van der Waals surface area contributed by atoms with E-state index < -0.39 is 0 Å². The molecule has 0 aliphatic rings. The summed E-state index contributed by atoms with van der Waals surface area (Å²) in [6, 6.07) is 9.90. The van der Waals surface area contributed by atoms with Crippen molar-refractivity contribution in [1.29, 1.82) is 0 Å². The van der Waals surface area contributed by atoms with Gasteiger partial charge in [-0.2, -0.15) is 4.98 Å². The van der Waals surface area contributed by atoms with Gasteiger partial charge in [0.15, 0.2) is 17.0 Å². The van der Waals surface area contributed by atoms with Crippen LogP contribution in [0.25, 0.3) is 28.0 Å². The first-order valence-electron chi connectivity index (χ1n) is 8.29. The summed E-state index contributed by atoms with van der Waals surface area (Å²) >= 11 is 5.97. The molecule has 7 nitrogen and oxygen atoms in total. The van der Waals surface area contributed by atoms with Gasteiger partial charge in [0.25, 0.3) is 0 Å². The van der Waals surface area contributed by atoms with Crippen LogP contribution in [0, 0.1) is 0 Å². The lowest BCUT2D eigenvalue weighted by Crippen LogP contribution is -2.02. The first-order valence-corrected chi connectivity index (χ1v) is 8.67. The molecule has 0 aliphatic carbocycles. The van der Waals surface area contributed by atoms with E-state index in [-0.39, 0.29) is 5.28 Å². The van der Waals surface area contributed by atoms with Crippen molar-refractivity contribution in [3.63, 3.8) is 0 Å². The Morgan fingerprint density at radius 3 is 2.67 bits per heavy atom. The predicted octanol–water partition coefficient (Wildman–Crippen LogP) is 4.20. The lowest BCUT2D eigenvalue weighted by Gasteiger charge is -2.08. The Morgan fingerprint density at radius 2 is 1.81 bits per heavy atom. The second kappa shape index (κ2) is 6.37. The Bertz CT molecular complexity index is 1240. The molecular formula is C19H13ClN6O. The number of anilines is 1. The summed E-state index contributed by atoms with van der Waals surface area (Å²) < 4.78 is 7.39. The van der Waals surface area contributed by atoms with Crippen molar-refractivity contribution in [1.82, 2.24) is 24.3 Å². The van der Waals surface area contributed by atoms with E-state index in [0.717, 1.165) is 22.5 Å². The molecule has 0 amide bonds. The minimum absolute atomic E-state index is 0.181. The standard InChI is InChI=1S/C19H13ClN6O/c20-19-24-14-5-10-27-16(14)17(25-19)23-11-12-1-3-13(4-2-12)15-18-22-7-9-26(18)8-6-21-15/h1-10H,11H2,(H,23,24,25). The summed E-state index contributed by atoms with van der Waals surface area (Å²) in [5, 5.41) is 3.44. The van der Waals surface area contributed by atoms with E-state index >= 15 is 0 Å². The topological polar surface area (TPSA) is 81.1 Å². The highest BCUT2D eigenvalue weighted by molar-refractivity contribution is 6.28. The lowest BCUT2D eigenvalue weighted by molar-refractivity contribution is 0.614. The highest BCUT2D eigenvalue weighted by Crippen LogP contribution is 2.24. The van der Waals surface area contributed by atoms with Gasteiger partial charge < -0.3 is 14.1 Å². The van der Waals surface area contributed by atoms with Crippen LogP contribution in [0.5, 0.6) is 0 Å². The van der Waals surface area contributed by atoms with E-state index in [4.69, 9.17) is 16.0 Å². The van der Waals surface area contributed by atoms with Crippen molar-refractivity contribution >= 4 is 34.2 Å². The minimum Gasteiger partial charge on any atom is -0.459 e. The molecule has 4 heterocycles. The van der Waals surface area contributed by atoms with Gasteiger partial charge in [0.1, 0.15) is 11.2 Å². The molecule has 0 radical (unpaired) electrons. The first kappa shape index (κ1) is 15.8. The zero-order valence-electron chi connectivity index (χ0n) is 14.0. The van der Waals surface area contributed by atoms with E-state index in [1.165, 1.54) is 0 Å². The number of fused-ring (bicyclic) bond motifs is 2.